The molecular formula is C19H14N4OS. The first kappa shape index (κ1) is 14.4. The van der Waals surface area contributed by atoms with Gasteiger partial charge in [0.15, 0.2) is 5.13 Å². The van der Waals surface area contributed by atoms with Crippen molar-refractivity contribution in [2.45, 2.75) is 5.41 Å². The molecule has 2 aliphatic heterocycles. The minimum Gasteiger partial charge on any atom is -0.345 e. The van der Waals surface area contributed by atoms with Gasteiger partial charge in [0.05, 0.1) is 22.2 Å². The number of rotatable bonds is 1. The topological polar surface area (TPSA) is 69.0 Å². The first-order valence-corrected chi connectivity index (χ1v) is 8.95. The van der Waals surface area contributed by atoms with Crippen LogP contribution in [0.25, 0.3) is 10.2 Å². The van der Waals surface area contributed by atoms with Crippen LogP contribution in [0.5, 0.6) is 0 Å². The van der Waals surface area contributed by atoms with E-state index in [1.807, 2.05) is 48.5 Å². The molecule has 1 saturated heterocycles. The van der Waals surface area contributed by atoms with Crippen molar-refractivity contribution in [1.29, 1.82) is 5.26 Å². The summed E-state index contributed by atoms with van der Waals surface area (Å²) in [5.74, 6) is -0.480. The zero-order chi connectivity index (χ0) is 17.0. The summed E-state index contributed by atoms with van der Waals surface area (Å²) in [4.78, 5) is 19.7. The van der Waals surface area contributed by atoms with Crippen LogP contribution in [0.1, 0.15) is 5.56 Å². The minimum absolute atomic E-state index is 0.0798. The summed E-state index contributed by atoms with van der Waals surface area (Å²) in [6.45, 7) is 0.992. The lowest BCUT2D eigenvalue weighted by Crippen LogP contribution is -2.41. The van der Waals surface area contributed by atoms with Crippen LogP contribution >= 0.6 is 11.3 Å². The average molecular weight is 346 g/mol. The summed E-state index contributed by atoms with van der Waals surface area (Å²) < 4.78 is 1.11. The quantitative estimate of drug-likeness (QED) is 0.735. The van der Waals surface area contributed by atoms with Gasteiger partial charge in [-0.05, 0) is 23.8 Å². The number of amides is 1. The largest absolute Gasteiger partial charge is 0.345 e. The van der Waals surface area contributed by atoms with Gasteiger partial charge in [-0.2, -0.15) is 5.26 Å². The van der Waals surface area contributed by atoms with Gasteiger partial charge in [0.2, 0.25) is 5.91 Å². The van der Waals surface area contributed by atoms with Crippen molar-refractivity contribution in [3.8, 4) is 6.07 Å². The van der Waals surface area contributed by atoms with Crippen LogP contribution < -0.4 is 10.2 Å². The Morgan fingerprint density at radius 3 is 2.88 bits per heavy atom. The third-order valence-corrected chi connectivity index (χ3v) is 6.31. The lowest BCUT2D eigenvalue weighted by molar-refractivity contribution is -0.120. The molecule has 6 heteroatoms. The number of nitrogens with one attached hydrogen (secondary N) is 1. The SMILES string of the molecule is N#C[C@H]1CN(c2nc3ccccc3s2)C[C@@]12C(=O)Nc1ccccc12. The van der Waals surface area contributed by atoms with E-state index >= 15 is 0 Å². The number of hydrogen-bond donors (Lipinski definition) is 1. The molecule has 122 valence electrons. The molecule has 5 nitrogen and oxygen atoms in total. The summed E-state index contributed by atoms with van der Waals surface area (Å²) in [6.07, 6.45) is 0. The Hall–Kier alpha value is -2.91. The Morgan fingerprint density at radius 2 is 2.04 bits per heavy atom. The summed E-state index contributed by atoms with van der Waals surface area (Å²) in [7, 11) is 0. The van der Waals surface area contributed by atoms with Crippen LogP contribution in [-0.4, -0.2) is 24.0 Å². The van der Waals surface area contributed by atoms with Crippen molar-refractivity contribution in [2.75, 3.05) is 23.3 Å². The average Bonchev–Trinajstić information content (AvgIpc) is 3.30. The number of para-hydroxylation sites is 2. The molecule has 1 spiro atoms. The van der Waals surface area contributed by atoms with E-state index in [0.29, 0.717) is 13.1 Å². The molecule has 0 saturated carbocycles. The number of fused-ring (bicyclic) bond motifs is 3. The van der Waals surface area contributed by atoms with Crippen molar-refractivity contribution < 1.29 is 4.79 Å². The van der Waals surface area contributed by atoms with Gasteiger partial charge in [-0.25, -0.2) is 4.98 Å². The maximum atomic E-state index is 12.9. The number of hydrogen-bond acceptors (Lipinski definition) is 5. The van der Waals surface area contributed by atoms with Crippen LogP contribution in [0.4, 0.5) is 10.8 Å². The monoisotopic (exact) mass is 346 g/mol. The van der Waals surface area contributed by atoms with Gasteiger partial charge in [0.25, 0.3) is 0 Å². The molecule has 2 aliphatic rings. The second-order valence-electron chi connectivity index (χ2n) is 6.50. The summed E-state index contributed by atoms with van der Waals surface area (Å²) in [5, 5.41) is 13.6. The fourth-order valence-corrected chi connectivity index (χ4v) is 4.96. The molecule has 2 atom stereocenters. The molecule has 1 amide bonds. The number of anilines is 2. The van der Waals surface area contributed by atoms with Crippen LogP contribution in [-0.2, 0) is 10.2 Å². The highest BCUT2D eigenvalue weighted by Gasteiger charge is 2.58. The Balaban J connectivity index is 1.61. The van der Waals surface area contributed by atoms with Gasteiger partial charge in [-0.1, -0.05) is 41.7 Å². The summed E-state index contributed by atoms with van der Waals surface area (Å²) in [6, 6.07) is 18.1. The Labute approximate surface area is 148 Å². The van der Waals surface area contributed by atoms with Crippen molar-refractivity contribution in [3.63, 3.8) is 0 Å². The smallest absolute Gasteiger partial charge is 0.238 e. The highest BCUT2D eigenvalue weighted by Crippen LogP contribution is 2.48. The molecule has 25 heavy (non-hydrogen) atoms. The van der Waals surface area contributed by atoms with Crippen LogP contribution in [0.15, 0.2) is 48.5 Å². The number of nitrogens with zero attached hydrogens (tertiary/aromatic N) is 3. The van der Waals surface area contributed by atoms with E-state index in [0.717, 1.165) is 26.6 Å². The van der Waals surface area contributed by atoms with E-state index in [2.05, 4.69) is 16.3 Å². The molecule has 5 rings (SSSR count). The molecule has 1 fully saturated rings. The maximum Gasteiger partial charge on any atom is 0.238 e. The van der Waals surface area contributed by atoms with Crippen LogP contribution in [0.3, 0.4) is 0 Å². The van der Waals surface area contributed by atoms with Gasteiger partial charge >= 0.3 is 0 Å². The molecule has 0 unspecified atom stereocenters. The number of benzene rings is 2. The maximum absolute atomic E-state index is 12.9. The molecule has 3 heterocycles. The first-order chi connectivity index (χ1) is 12.2. The molecule has 0 aliphatic carbocycles. The Kier molecular flexibility index (Phi) is 2.91. The molecule has 0 radical (unpaired) electrons. The summed E-state index contributed by atoms with van der Waals surface area (Å²) >= 11 is 1.61. The van der Waals surface area contributed by atoms with Gasteiger partial charge in [-0.3, -0.25) is 4.79 Å². The van der Waals surface area contributed by atoms with E-state index in [-0.39, 0.29) is 5.91 Å². The third-order valence-electron chi connectivity index (χ3n) is 5.21. The fraction of sp³-hybridized carbons (Fsp3) is 0.211. The third kappa shape index (κ3) is 1.87. The second kappa shape index (κ2) is 5.04. The molecule has 3 aromatic rings. The van der Waals surface area contributed by atoms with Gasteiger partial charge < -0.3 is 10.2 Å². The van der Waals surface area contributed by atoms with Gasteiger partial charge in [-0.15, -0.1) is 0 Å². The Bertz CT molecular complexity index is 1020. The zero-order valence-corrected chi connectivity index (χ0v) is 14.1. The fourth-order valence-electron chi connectivity index (χ4n) is 3.98. The Morgan fingerprint density at radius 1 is 1.24 bits per heavy atom. The van der Waals surface area contributed by atoms with Gasteiger partial charge in [0, 0.05) is 18.8 Å². The second-order valence-corrected chi connectivity index (χ2v) is 7.51. The van der Waals surface area contributed by atoms with Crippen molar-refractivity contribution in [3.05, 3.63) is 54.1 Å². The molecule has 0 bridgehead atoms. The van der Waals surface area contributed by atoms with E-state index in [4.69, 9.17) is 4.98 Å². The predicted molar refractivity (Wildman–Crippen MR) is 97.7 cm³/mol. The minimum atomic E-state index is -0.816. The number of carbonyl (C=O) groups excluding carboxylic acids is 1. The zero-order valence-electron chi connectivity index (χ0n) is 13.3. The van der Waals surface area contributed by atoms with Crippen molar-refractivity contribution in [2.24, 2.45) is 5.92 Å². The molecule has 1 aromatic heterocycles. The van der Waals surface area contributed by atoms with Crippen molar-refractivity contribution >= 4 is 38.3 Å². The van der Waals surface area contributed by atoms with Gasteiger partial charge in [0.1, 0.15) is 5.41 Å². The standard InChI is InChI=1S/C19H14N4OS/c20-9-12-10-23(18-22-15-7-3-4-8-16(15)25-18)11-19(12)13-5-1-2-6-14(13)21-17(19)24/h1-8,12H,10-11H2,(H,21,24)/t12-,19+/m0/s1. The normalized spacial score (nSPS) is 24.5. The number of thiazole rings is 1. The molecule has 2 aromatic carbocycles. The predicted octanol–water partition coefficient (Wildman–Crippen LogP) is 3.15. The van der Waals surface area contributed by atoms with Crippen LogP contribution in [0.2, 0.25) is 0 Å². The van der Waals surface area contributed by atoms with E-state index < -0.39 is 11.3 Å². The van der Waals surface area contributed by atoms with Crippen LogP contribution in [0, 0.1) is 17.2 Å². The summed E-state index contributed by atoms with van der Waals surface area (Å²) in [5.41, 5.74) is 1.88. The number of nitriles is 1. The van der Waals surface area contributed by atoms with E-state index in [9.17, 15) is 10.1 Å². The number of aromatic nitrogens is 1. The number of carbonyl (C=O) groups is 1. The van der Waals surface area contributed by atoms with E-state index in [1.54, 1.807) is 11.3 Å². The van der Waals surface area contributed by atoms with E-state index in [1.165, 1.54) is 0 Å². The highest BCUT2D eigenvalue weighted by atomic mass is 32.1. The highest BCUT2D eigenvalue weighted by molar-refractivity contribution is 7.22. The lowest BCUT2D eigenvalue weighted by Gasteiger charge is -2.24. The molecule has 1 N–H and O–H groups in total. The first-order valence-electron chi connectivity index (χ1n) is 8.13. The van der Waals surface area contributed by atoms with Crippen molar-refractivity contribution in [1.82, 2.24) is 4.98 Å². The lowest BCUT2D eigenvalue weighted by atomic mass is 9.74. The molecular weight excluding hydrogens is 332 g/mol.